The number of nitrogens with zero attached hydrogens (tertiary/aromatic N) is 1. The van der Waals surface area contributed by atoms with Crippen molar-refractivity contribution >= 4 is 17.8 Å². The third-order valence-electron chi connectivity index (χ3n) is 4.18. The third-order valence-corrected chi connectivity index (χ3v) is 4.18. The van der Waals surface area contributed by atoms with Crippen LogP contribution in [0.25, 0.3) is 0 Å². The summed E-state index contributed by atoms with van der Waals surface area (Å²) in [7, 11) is 0. The van der Waals surface area contributed by atoms with Gasteiger partial charge in [0, 0.05) is 0 Å². The number of hydrogen-bond donors (Lipinski definition) is 2. The predicted octanol–water partition coefficient (Wildman–Crippen LogP) is 0.903. The number of amides is 4. The van der Waals surface area contributed by atoms with Gasteiger partial charge in [-0.3, -0.25) is 14.5 Å². The standard InChI is InChI=1S/C16H16F3N3O5/c1-15(9-2-3-10-11(6-9)27-5-4-26-10)13(24)22(14(25)21-15)7-12(23)20-8-16(17,18)19/h2-3,6H,4-5,7-8H2,1H3,(H,20,23)(H,21,25)/t15-/m0/s1. The molecule has 0 unspecified atom stereocenters. The summed E-state index contributed by atoms with van der Waals surface area (Å²) >= 11 is 0. The molecule has 2 N–H and O–H groups in total. The Hall–Kier alpha value is -2.98. The molecule has 0 aromatic heterocycles. The van der Waals surface area contributed by atoms with Crippen molar-refractivity contribution in [3.8, 4) is 11.5 Å². The minimum absolute atomic E-state index is 0.332. The number of alkyl halides is 3. The Morgan fingerprint density at radius 2 is 1.93 bits per heavy atom. The smallest absolute Gasteiger partial charge is 0.405 e. The Kier molecular flexibility index (Phi) is 4.62. The summed E-state index contributed by atoms with van der Waals surface area (Å²) < 4.78 is 47.4. The number of halogens is 3. The molecule has 27 heavy (non-hydrogen) atoms. The topological polar surface area (TPSA) is 97.0 Å². The lowest BCUT2D eigenvalue weighted by Gasteiger charge is -2.25. The van der Waals surface area contributed by atoms with Crippen LogP contribution in [0.4, 0.5) is 18.0 Å². The summed E-state index contributed by atoms with van der Waals surface area (Å²) in [5, 5.41) is 4.09. The van der Waals surface area contributed by atoms with Gasteiger partial charge in [0.2, 0.25) is 5.91 Å². The normalized spacial score (nSPS) is 21.9. The van der Waals surface area contributed by atoms with Crippen LogP contribution in [-0.4, -0.2) is 55.2 Å². The fourth-order valence-electron chi connectivity index (χ4n) is 2.79. The van der Waals surface area contributed by atoms with Crippen molar-refractivity contribution in [2.45, 2.75) is 18.6 Å². The SMILES string of the molecule is C[C@@]1(c2ccc3c(c2)OCCO3)NC(=O)N(CC(=O)NCC(F)(F)F)C1=O. The highest BCUT2D eigenvalue weighted by atomic mass is 19.4. The Morgan fingerprint density at radius 1 is 1.26 bits per heavy atom. The maximum atomic E-state index is 12.7. The lowest BCUT2D eigenvalue weighted by molar-refractivity contribution is -0.141. The molecule has 0 bridgehead atoms. The number of benzene rings is 1. The fourth-order valence-corrected chi connectivity index (χ4v) is 2.79. The minimum Gasteiger partial charge on any atom is -0.486 e. The molecular weight excluding hydrogens is 371 g/mol. The van der Waals surface area contributed by atoms with E-state index in [0.717, 1.165) is 0 Å². The van der Waals surface area contributed by atoms with E-state index in [9.17, 15) is 27.6 Å². The zero-order valence-corrected chi connectivity index (χ0v) is 14.2. The highest BCUT2D eigenvalue weighted by molar-refractivity contribution is 6.09. The van der Waals surface area contributed by atoms with Crippen LogP contribution in [0.1, 0.15) is 12.5 Å². The Bertz CT molecular complexity index is 798. The molecule has 0 spiro atoms. The third kappa shape index (κ3) is 3.76. The number of carbonyl (C=O) groups excluding carboxylic acids is 3. The molecule has 0 saturated carbocycles. The molecule has 1 aromatic rings. The number of hydrogen-bond acceptors (Lipinski definition) is 5. The molecule has 11 heteroatoms. The van der Waals surface area contributed by atoms with Gasteiger partial charge in [-0.15, -0.1) is 0 Å². The van der Waals surface area contributed by atoms with Crippen LogP contribution in [0.3, 0.4) is 0 Å². The number of fused-ring (bicyclic) bond motifs is 1. The molecule has 3 rings (SSSR count). The van der Waals surface area contributed by atoms with Crippen LogP contribution >= 0.6 is 0 Å². The predicted molar refractivity (Wildman–Crippen MR) is 84.1 cm³/mol. The molecule has 1 aromatic carbocycles. The van der Waals surface area contributed by atoms with Crippen LogP contribution in [0.15, 0.2) is 18.2 Å². The van der Waals surface area contributed by atoms with E-state index in [-0.39, 0.29) is 0 Å². The molecule has 8 nitrogen and oxygen atoms in total. The number of imide groups is 1. The molecule has 1 fully saturated rings. The molecule has 1 saturated heterocycles. The second-order valence-corrected chi connectivity index (χ2v) is 6.20. The summed E-state index contributed by atoms with van der Waals surface area (Å²) in [4.78, 5) is 37.1. The summed E-state index contributed by atoms with van der Waals surface area (Å²) in [5.41, 5.74) is -1.10. The molecular formula is C16H16F3N3O5. The zero-order chi connectivity index (χ0) is 19.8. The second-order valence-electron chi connectivity index (χ2n) is 6.20. The molecule has 1 atom stereocenters. The van der Waals surface area contributed by atoms with Gasteiger partial charge in [0.25, 0.3) is 5.91 Å². The van der Waals surface area contributed by atoms with Crippen LogP contribution in [0.5, 0.6) is 11.5 Å². The maximum absolute atomic E-state index is 12.7. The summed E-state index contributed by atoms with van der Waals surface area (Å²) in [6.45, 7) is -0.207. The van der Waals surface area contributed by atoms with E-state index in [1.54, 1.807) is 23.5 Å². The molecule has 2 heterocycles. The highest BCUT2D eigenvalue weighted by Crippen LogP contribution is 2.36. The maximum Gasteiger partial charge on any atom is 0.405 e. The van der Waals surface area contributed by atoms with Crippen molar-refractivity contribution in [1.82, 2.24) is 15.5 Å². The van der Waals surface area contributed by atoms with E-state index in [2.05, 4.69) is 5.32 Å². The van der Waals surface area contributed by atoms with E-state index in [4.69, 9.17) is 9.47 Å². The van der Waals surface area contributed by atoms with Gasteiger partial charge < -0.3 is 20.1 Å². The minimum atomic E-state index is -4.59. The average Bonchev–Trinajstić information content (AvgIpc) is 2.83. The van der Waals surface area contributed by atoms with Crippen molar-refractivity contribution in [3.63, 3.8) is 0 Å². The van der Waals surface area contributed by atoms with E-state index in [1.165, 1.54) is 6.92 Å². The summed E-state index contributed by atoms with van der Waals surface area (Å²) in [6, 6.07) is 3.83. The van der Waals surface area contributed by atoms with Crippen LogP contribution in [0.2, 0.25) is 0 Å². The highest BCUT2D eigenvalue weighted by Gasteiger charge is 2.50. The van der Waals surface area contributed by atoms with Crippen molar-refractivity contribution in [2.24, 2.45) is 0 Å². The first-order chi connectivity index (χ1) is 12.6. The van der Waals surface area contributed by atoms with Crippen molar-refractivity contribution in [1.29, 1.82) is 0 Å². The first-order valence-electron chi connectivity index (χ1n) is 7.98. The van der Waals surface area contributed by atoms with Crippen LogP contribution < -0.4 is 20.1 Å². The van der Waals surface area contributed by atoms with Crippen LogP contribution in [0, 0.1) is 0 Å². The van der Waals surface area contributed by atoms with E-state index < -0.39 is 42.7 Å². The van der Waals surface area contributed by atoms with E-state index in [0.29, 0.717) is 35.2 Å². The van der Waals surface area contributed by atoms with Crippen LogP contribution in [-0.2, 0) is 15.1 Å². The largest absolute Gasteiger partial charge is 0.486 e. The number of urea groups is 1. The zero-order valence-electron chi connectivity index (χ0n) is 14.2. The van der Waals surface area contributed by atoms with Crippen molar-refractivity contribution in [2.75, 3.05) is 26.3 Å². The van der Waals surface area contributed by atoms with Gasteiger partial charge in [-0.05, 0) is 24.6 Å². The fraction of sp³-hybridized carbons (Fsp3) is 0.438. The monoisotopic (exact) mass is 387 g/mol. The van der Waals surface area contributed by atoms with Gasteiger partial charge in [-0.2, -0.15) is 13.2 Å². The molecule has 0 radical (unpaired) electrons. The number of carbonyl (C=O) groups is 3. The van der Waals surface area contributed by atoms with Gasteiger partial charge >= 0.3 is 12.2 Å². The summed E-state index contributed by atoms with van der Waals surface area (Å²) in [5.74, 6) is -0.953. The summed E-state index contributed by atoms with van der Waals surface area (Å²) in [6.07, 6.45) is -4.59. The molecule has 2 aliphatic rings. The van der Waals surface area contributed by atoms with Gasteiger partial charge in [-0.1, -0.05) is 6.07 Å². The first-order valence-corrected chi connectivity index (χ1v) is 7.98. The number of rotatable bonds is 4. The Labute approximate surface area is 151 Å². The van der Waals surface area contributed by atoms with Crippen molar-refractivity contribution < 1.29 is 37.0 Å². The second kappa shape index (κ2) is 6.63. The van der Waals surface area contributed by atoms with Gasteiger partial charge in [0.1, 0.15) is 31.8 Å². The van der Waals surface area contributed by atoms with E-state index in [1.807, 2.05) is 0 Å². The quantitative estimate of drug-likeness (QED) is 0.749. The number of nitrogens with one attached hydrogen (secondary N) is 2. The Morgan fingerprint density at radius 3 is 2.59 bits per heavy atom. The lowest BCUT2D eigenvalue weighted by atomic mass is 9.91. The molecule has 4 amide bonds. The van der Waals surface area contributed by atoms with Gasteiger partial charge in [0.05, 0.1) is 0 Å². The van der Waals surface area contributed by atoms with Crippen molar-refractivity contribution in [3.05, 3.63) is 23.8 Å². The molecule has 2 aliphatic heterocycles. The molecule has 146 valence electrons. The van der Waals surface area contributed by atoms with Gasteiger partial charge in [0.15, 0.2) is 11.5 Å². The lowest BCUT2D eigenvalue weighted by Crippen LogP contribution is -2.44. The number of ether oxygens (including phenoxy) is 2. The molecule has 0 aliphatic carbocycles. The Balaban J connectivity index is 1.75. The van der Waals surface area contributed by atoms with E-state index >= 15 is 0 Å². The van der Waals surface area contributed by atoms with Gasteiger partial charge in [-0.25, -0.2) is 4.79 Å². The average molecular weight is 387 g/mol. The first kappa shape index (κ1) is 18.8.